The van der Waals surface area contributed by atoms with Crippen LogP contribution in [0.15, 0.2) is 0 Å². The van der Waals surface area contributed by atoms with E-state index in [1.54, 1.807) is 4.90 Å². The van der Waals surface area contributed by atoms with E-state index in [0.29, 0.717) is 39.3 Å². The SMILES string of the molecule is CCNC(=O)N1CCC(NC(=O)CC2COCCN2)C1.Cl. The molecule has 2 atom stereocenters. The van der Waals surface area contributed by atoms with Crippen LogP contribution in [0.2, 0.25) is 0 Å². The first kappa shape index (κ1) is 18.0. The van der Waals surface area contributed by atoms with Gasteiger partial charge in [-0.2, -0.15) is 0 Å². The standard InChI is InChI=1S/C13H24N4O3.ClH/c1-2-14-13(19)17-5-3-10(8-17)16-12(18)7-11-9-20-6-4-15-11;/h10-11,15H,2-9H2,1H3,(H,14,19)(H,16,18);1H. The molecule has 2 rings (SSSR count). The molecule has 0 aromatic heterocycles. The first-order valence-electron chi connectivity index (χ1n) is 7.32. The number of urea groups is 1. The Labute approximate surface area is 131 Å². The van der Waals surface area contributed by atoms with Gasteiger partial charge in [0.1, 0.15) is 0 Å². The predicted molar refractivity (Wildman–Crippen MR) is 81.7 cm³/mol. The number of nitrogens with one attached hydrogen (secondary N) is 3. The van der Waals surface area contributed by atoms with Gasteiger partial charge in [-0.15, -0.1) is 12.4 Å². The molecule has 2 fully saturated rings. The van der Waals surface area contributed by atoms with Crippen molar-refractivity contribution in [3.8, 4) is 0 Å². The highest BCUT2D eigenvalue weighted by Gasteiger charge is 2.27. The lowest BCUT2D eigenvalue weighted by Gasteiger charge is -2.24. The van der Waals surface area contributed by atoms with E-state index in [1.807, 2.05) is 6.92 Å². The molecule has 2 heterocycles. The monoisotopic (exact) mass is 320 g/mol. The molecule has 0 radical (unpaired) electrons. The molecule has 3 amide bonds. The Morgan fingerprint density at radius 2 is 2.24 bits per heavy atom. The van der Waals surface area contributed by atoms with E-state index < -0.39 is 0 Å². The van der Waals surface area contributed by atoms with Crippen molar-refractivity contribution in [3.63, 3.8) is 0 Å². The number of hydrogen-bond donors (Lipinski definition) is 3. The Hall–Kier alpha value is -1.05. The summed E-state index contributed by atoms with van der Waals surface area (Å²) in [6.45, 7) is 5.90. The maximum absolute atomic E-state index is 11.9. The van der Waals surface area contributed by atoms with Gasteiger partial charge in [-0.1, -0.05) is 0 Å². The first-order chi connectivity index (χ1) is 9.69. The summed E-state index contributed by atoms with van der Waals surface area (Å²) in [6, 6.07) is 0.117. The number of hydrogen-bond acceptors (Lipinski definition) is 4. The van der Waals surface area contributed by atoms with Crippen LogP contribution in [0.5, 0.6) is 0 Å². The van der Waals surface area contributed by atoms with Crippen molar-refractivity contribution in [3.05, 3.63) is 0 Å². The molecule has 2 aliphatic heterocycles. The number of amides is 3. The number of morpholine rings is 1. The molecule has 7 nitrogen and oxygen atoms in total. The predicted octanol–water partition coefficient (Wildman–Crippen LogP) is -0.293. The first-order valence-corrected chi connectivity index (χ1v) is 7.32. The number of ether oxygens (including phenoxy) is 1. The molecular weight excluding hydrogens is 296 g/mol. The van der Waals surface area contributed by atoms with Crippen LogP contribution in [0, 0.1) is 0 Å². The maximum atomic E-state index is 11.9. The van der Waals surface area contributed by atoms with Crippen LogP contribution in [-0.2, 0) is 9.53 Å². The summed E-state index contributed by atoms with van der Waals surface area (Å²) in [5, 5.41) is 9.03. The smallest absolute Gasteiger partial charge is 0.317 e. The van der Waals surface area contributed by atoms with Crippen molar-refractivity contribution >= 4 is 24.3 Å². The lowest BCUT2D eigenvalue weighted by atomic mass is 10.1. The molecule has 2 unspecified atom stereocenters. The second-order valence-electron chi connectivity index (χ2n) is 5.26. The Morgan fingerprint density at radius 1 is 1.43 bits per heavy atom. The maximum Gasteiger partial charge on any atom is 0.317 e. The van der Waals surface area contributed by atoms with Crippen LogP contribution in [0.3, 0.4) is 0 Å². The van der Waals surface area contributed by atoms with Crippen molar-refractivity contribution in [2.75, 3.05) is 39.4 Å². The highest BCUT2D eigenvalue weighted by molar-refractivity contribution is 5.85. The number of rotatable bonds is 4. The van der Waals surface area contributed by atoms with Crippen LogP contribution < -0.4 is 16.0 Å². The van der Waals surface area contributed by atoms with Crippen molar-refractivity contribution in [2.45, 2.75) is 31.8 Å². The normalized spacial score (nSPS) is 25.1. The zero-order chi connectivity index (χ0) is 14.4. The minimum absolute atomic E-state index is 0. The molecule has 0 aliphatic carbocycles. The average molecular weight is 321 g/mol. The molecule has 3 N–H and O–H groups in total. The summed E-state index contributed by atoms with van der Waals surface area (Å²) in [5.74, 6) is 0.0238. The Kier molecular flexibility index (Phi) is 7.77. The van der Waals surface area contributed by atoms with Gasteiger partial charge < -0.3 is 25.6 Å². The summed E-state index contributed by atoms with van der Waals surface area (Å²) in [5.41, 5.74) is 0. The summed E-state index contributed by atoms with van der Waals surface area (Å²) in [6.07, 6.45) is 1.25. The molecule has 2 saturated heterocycles. The number of nitrogens with zero attached hydrogens (tertiary/aromatic N) is 1. The highest BCUT2D eigenvalue weighted by atomic mass is 35.5. The molecule has 0 spiro atoms. The third-order valence-electron chi connectivity index (χ3n) is 3.60. The van der Waals surface area contributed by atoms with E-state index in [1.165, 1.54) is 0 Å². The number of likely N-dealkylation sites (tertiary alicyclic amines) is 1. The minimum atomic E-state index is -0.0494. The third-order valence-corrected chi connectivity index (χ3v) is 3.60. The average Bonchev–Trinajstić information content (AvgIpc) is 2.88. The largest absolute Gasteiger partial charge is 0.378 e. The number of halogens is 1. The fraction of sp³-hybridized carbons (Fsp3) is 0.846. The molecule has 2 aliphatic rings. The molecule has 21 heavy (non-hydrogen) atoms. The van der Waals surface area contributed by atoms with Crippen LogP contribution in [0.1, 0.15) is 19.8 Å². The second-order valence-corrected chi connectivity index (χ2v) is 5.26. The van der Waals surface area contributed by atoms with E-state index in [4.69, 9.17) is 4.74 Å². The molecule has 0 saturated carbocycles. The van der Waals surface area contributed by atoms with E-state index >= 15 is 0 Å². The Bertz CT molecular complexity index is 350. The van der Waals surface area contributed by atoms with Gasteiger partial charge in [-0.3, -0.25) is 4.79 Å². The van der Waals surface area contributed by atoms with Crippen molar-refractivity contribution in [1.29, 1.82) is 0 Å². The summed E-state index contributed by atoms with van der Waals surface area (Å²) in [4.78, 5) is 25.4. The van der Waals surface area contributed by atoms with E-state index in [-0.39, 0.29) is 36.4 Å². The van der Waals surface area contributed by atoms with Crippen LogP contribution in [-0.4, -0.2) is 68.3 Å². The summed E-state index contributed by atoms with van der Waals surface area (Å²) in [7, 11) is 0. The van der Waals surface area contributed by atoms with Crippen LogP contribution in [0.4, 0.5) is 4.79 Å². The molecule has 122 valence electrons. The topological polar surface area (TPSA) is 82.7 Å². The van der Waals surface area contributed by atoms with E-state index in [0.717, 1.165) is 13.0 Å². The van der Waals surface area contributed by atoms with Crippen molar-refractivity contribution < 1.29 is 14.3 Å². The van der Waals surface area contributed by atoms with Crippen LogP contribution >= 0.6 is 12.4 Å². The third kappa shape index (κ3) is 5.68. The lowest BCUT2D eigenvalue weighted by Crippen LogP contribution is -2.46. The van der Waals surface area contributed by atoms with Gasteiger partial charge in [-0.05, 0) is 13.3 Å². The van der Waals surface area contributed by atoms with Gasteiger partial charge in [-0.25, -0.2) is 4.79 Å². The highest BCUT2D eigenvalue weighted by Crippen LogP contribution is 2.09. The number of carbonyl (C=O) groups excluding carboxylic acids is 2. The second kappa shape index (κ2) is 9.07. The summed E-state index contributed by atoms with van der Waals surface area (Å²) < 4.78 is 5.32. The van der Waals surface area contributed by atoms with E-state index in [9.17, 15) is 9.59 Å². The number of carbonyl (C=O) groups is 2. The fourth-order valence-electron chi connectivity index (χ4n) is 2.59. The van der Waals surface area contributed by atoms with Gasteiger partial charge in [0.25, 0.3) is 0 Å². The molecule has 0 aromatic carbocycles. The minimum Gasteiger partial charge on any atom is -0.378 e. The summed E-state index contributed by atoms with van der Waals surface area (Å²) >= 11 is 0. The van der Waals surface area contributed by atoms with Gasteiger partial charge in [0.05, 0.1) is 13.2 Å². The molecular formula is C13H25ClN4O3. The lowest BCUT2D eigenvalue weighted by molar-refractivity contribution is -0.122. The Balaban J connectivity index is 0.00000220. The zero-order valence-corrected chi connectivity index (χ0v) is 13.2. The fourth-order valence-corrected chi connectivity index (χ4v) is 2.59. The molecule has 8 heteroatoms. The van der Waals surface area contributed by atoms with Gasteiger partial charge in [0.2, 0.25) is 5.91 Å². The van der Waals surface area contributed by atoms with Crippen LogP contribution in [0.25, 0.3) is 0 Å². The van der Waals surface area contributed by atoms with Gasteiger partial charge in [0, 0.05) is 44.7 Å². The molecule has 0 bridgehead atoms. The zero-order valence-electron chi connectivity index (χ0n) is 12.4. The van der Waals surface area contributed by atoms with Gasteiger partial charge >= 0.3 is 6.03 Å². The van der Waals surface area contributed by atoms with Crippen molar-refractivity contribution in [2.24, 2.45) is 0 Å². The quantitative estimate of drug-likeness (QED) is 0.664. The van der Waals surface area contributed by atoms with E-state index in [2.05, 4.69) is 16.0 Å². The van der Waals surface area contributed by atoms with Crippen molar-refractivity contribution in [1.82, 2.24) is 20.9 Å². The molecule has 0 aromatic rings. The van der Waals surface area contributed by atoms with Gasteiger partial charge in [0.15, 0.2) is 0 Å². The Morgan fingerprint density at radius 3 is 2.90 bits per heavy atom.